The van der Waals surface area contributed by atoms with Crippen LogP contribution in [0.25, 0.3) is 0 Å². The van der Waals surface area contributed by atoms with E-state index in [0.717, 1.165) is 4.47 Å². The van der Waals surface area contributed by atoms with Crippen LogP contribution in [0.5, 0.6) is 0 Å². The van der Waals surface area contributed by atoms with Crippen molar-refractivity contribution in [2.75, 3.05) is 5.88 Å². The lowest BCUT2D eigenvalue weighted by Gasteiger charge is -1.99. The fourth-order valence-electron chi connectivity index (χ4n) is 0.798. The summed E-state index contributed by atoms with van der Waals surface area (Å²) in [5.74, 6) is -0.769. The third kappa shape index (κ3) is 3.89. The van der Waals surface area contributed by atoms with Crippen LogP contribution in [0.2, 0.25) is 0 Å². The smallest absolute Gasteiger partial charge is 0.349 e. The van der Waals surface area contributed by atoms with Crippen LogP contribution in [0.15, 0.2) is 33.9 Å². The molecule has 2 N–H and O–H groups in total. The van der Waals surface area contributed by atoms with Gasteiger partial charge in [-0.3, -0.25) is 0 Å². The molecule has 15 heavy (non-hydrogen) atoms. The minimum absolute atomic E-state index is 0.126. The normalized spacial score (nSPS) is 11.2. The molecule has 0 aromatic heterocycles. The van der Waals surface area contributed by atoms with Crippen molar-refractivity contribution in [2.45, 2.75) is 0 Å². The van der Waals surface area contributed by atoms with Gasteiger partial charge in [0.25, 0.3) is 0 Å². The summed E-state index contributed by atoms with van der Waals surface area (Å²) in [6.45, 7) is 0. The summed E-state index contributed by atoms with van der Waals surface area (Å²) in [5.41, 5.74) is 6.23. The number of nitrogens with zero attached hydrogens (tertiary/aromatic N) is 1. The lowest BCUT2D eigenvalue weighted by atomic mass is 10.2. The highest BCUT2D eigenvalue weighted by Gasteiger charge is 2.02. The second-order valence-corrected chi connectivity index (χ2v) is 3.76. The van der Waals surface area contributed by atoms with Crippen LogP contribution in [-0.4, -0.2) is 17.7 Å². The van der Waals surface area contributed by atoms with Gasteiger partial charge in [0.1, 0.15) is 5.88 Å². The van der Waals surface area contributed by atoms with Gasteiger partial charge in [0.2, 0.25) is 0 Å². The van der Waals surface area contributed by atoms with Gasteiger partial charge in [0.05, 0.1) is 0 Å². The van der Waals surface area contributed by atoms with Crippen molar-refractivity contribution in [3.8, 4) is 0 Å². The highest BCUT2D eigenvalue weighted by Crippen LogP contribution is 2.10. The van der Waals surface area contributed by atoms with E-state index in [1.54, 1.807) is 24.3 Å². The summed E-state index contributed by atoms with van der Waals surface area (Å²) in [6.07, 6.45) is 0. The van der Waals surface area contributed by atoms with E-state index in [-0.39, 0.29) is 11.7 Å². The monoisotopic (exact) mass is 290 g/mol. The largest absolute Gasteiger partial charge is 0.380 e. The van der Waals surface area contributed by atoms with Gasteiger partial charge in [0.15, 0.2) is 5.84 Å². The molecule has 0 fully saturated rings. The Kier molecular flexibility index (Phi) is 4.58. The molecular weight excluding hydrogens is 283 g/mol. The summed E-state index contributed by atoms with van der Waals surface area (Å²) < 4.78 is 0.928. The topological polar surface area (TPSA) is 64.7 Å². The van der Waals surface area contributed by atoms with Crippen molar-refractivity contribution < 1.29 is 9.63 Å². The first-order chi connectivity index (χ1) is 7.13. The predicted octanol–water partition coefficient (Wildman–Crippen LogP) is 1.85. The summed E-state index contributed by atoms with van der Waals surface area (Å²) in [5, 5.41) is 3.44. The minimum Gasteiger partial charge on any atom is -0.380 e. The maximum absolute atomic E-state index is 10.7. The number of benzene rings is 1. The Morgan fingerprint density at radius 3 is 2.60 bits per heavy atom. The second-order valence-electron chi connectivity index (χ2n) is 2.58. The second kappa shape index (κ2) is 5.72. The van der Waals surface area contributed by atoms with E-state index in [1.807, 2.05) is 0 Å². The Hall–Kier alpha value is -1.07. The Morgan fingerprint density at radius 1 is 1.47 bits per heavy atom. The number of alkyl halides is 1. The van der Waals surface area contributed by atoms with Crippen LogP contribution in [-0.2, 0) is 9.63 Å². The third-order valence-electron chi connectivity index (χ3n) is 1.49. The van der Waals surface area contributed by atoms with E-state index in [1.165, 1.54) is 0 Å². The minimum atomic E-state index is -0.642. The van der Waals surface area contributed by atoms with Crippen molar-refractivity contribution in [1.29, 1.82) is 0 Å². The van der Waals surface area contributed by atoms with Gasteiger partial charge < -0.3 is 10.6 Å². The zero-order valence-electron chi connectivity index (χ0n) is 7.61. The van der Waals surface area contributed by atoms with E-state index in [9.17, 15) is 4.79 Å². The number of halogens is 2. The first kappa shape index (κ1) is 12.0. The van der Waals surface area contributed by atoms with E-state index in [0.29, 0.717) is 5.56 Å². The average molecular weight is 292 g/mol. The first-order valence-corrected chi connectivity index (χ1v) is 5.31. The molecule has 0 heterocycles. The maximum Gasteiger partial charge on any atom is 0.349 e. The highest BCUT2D eigenvalue weighted by molar-refractivity contribution is 9.10. The molecule has 0 radical (unpaired) electrons. The molecule has 1 aromatic carbocycles. The predicted molar refractivity (Wildman–Crippen MR) is 61.7 cm³/mol. The molecule has 1 aromatic rings. The standard InChI is InChI=1S/C9H8BrClN2O2/c10-7-3-1-6(2-4-7)9(12)13-15-8(14)5-11/h1-4H,5H2,(H2,12,13). The van der Waals surface area contributed by atoms with Crippen LogP contribution >= 0.6 is 27.5 Å². The van der Waals surface area contributed by atoms with Crippen LogP contribution in [0, 0.1) is 0 Å². The molecule has 0 bridgehead atoms. The van der Waals surface area contributed by atoms with Crippen molar-refractivity contribution in [1.82, 2.24) is 0 Å². The number of oxime groups is 1. The Balaban J connectivity index is 2.71. The summed E-state index contributed by atoms with van der Waals surface area (Å²) in [7, 11) is 0. The molecule has 0 aliphatic carbocycles. The number of hydrogen-bond acceptors (Lipinski definition) is 3. The number of carbonyl (C=O) groups is 1. The SMILES string of the molecule is NC(=NOC(=O)CCl)c1ccc(Br)cc1. The third-order valence-corrected chi connectivity index (χ3v) is 2.24. The van der Waals surface area contributed by atoms with E-state index in [2.05, 4.69) is 25.9 Å². The molecule has 4 nitrogen and oxygen atoms in total. The molecular formula is C9H8BrClN2O2. The van der Waals surface area contributed by atoms with Gasteiger partial charge in [-0.05, 0) is 12.1 Å². The number of hydrogen-bond donors (Lipinski definition) is 1. The van der Waals surface area contributed by atoms with Crippen molar-refractivity contribution >= 4 is 39.3 Å². The molecule has 0 aliphatic heterocycles. The molecule has 0 amide bonds. The summed E-state index contributed by atoms with van der Waals surface area (Å²) in [6, 6.07) is 7.11. The number of amidine groups is 1. The number of rotatable bonds is 3. The Bertz CT molecular complexity index is 378. The molecule has 0 saturated heterocycles. The van der Waals surface area contributed by atoms with Crippen LogP contribution in [0.4, 0.5) is 0 Å². The van der Waals surface area contributed by atoms with E-state index < -0.39 is 5.97 Å². The molecule has 0 spiro atoms. The number of nitrogens with two attached hydrogens (primary N) is 1. The molecule has 0 saturated carbocycles. The zero-order valence-corrected chi connectivity index (χ0v) is 9.96. The van der Waals surface area contributed by atoms with Gasteiger partial charge in [0, 0.05) is 10.0 Å². The van der Waals surface area contributed by atoms with Gasteiger partial charge in [-0.25, -0.2) is 4.79 Å². The Labute approximate surface area is 100 Å². The zero-order chi connectivity index (χ0) is 11.3. The van der Waals surface area contributed by atoms with Gasteiger partial charge in [-0.15, -0.1) is 11.6 Å². The van der Waals surface area contributed by atoms with Crippen molar-refractivity contribution in [3.63, 3.8) is 0 Å². The van der Waals surface area contributed by atoms with Gasteiger partial charge >= 0.3 is 5.97 Å². The average Bonchev–Trinajstić information content (AvgIpc) is 2.26. The fraction of sp³-hybridized carbons (Fsp3) is 0.111. The maximum atomic E-state index is 10.7. The van der Waals surface area contributed by atoms with Crippen LogP contribution < -0.4 is 5.73 Å². The van der Waals surface area contributed by atoms with Gasteiger partial charge in [-0.2, -0.15) is 0 Å². The lowest BCUT2D eigenvalue weighted by Crippen LogP contribution is -2.15. The summed E-state index contributed by atoms with van der Waals surface area (Å²) >= 11 is 8.50. The molecule has 0 unspecified atom stereocenters. The quantitative estimate of drug-likeness (QED) is 0.304. The van der Waals surface area contributed by atoms with Crippen LogP contribution in [0.3, 0.4) is 0 Å². The van der Waals surface area contributed by atoms with Crippen molar-refractivity contribution in [2.24, 2.45) is 10.9 Å². The van der Waals surface area contributed by atoms with Crippen LogP contribution in [0.1, 0.15) is 5.56 Å². The first-order valence-electron chi connectivity index (χ1n) is 3.98. The lowest BCUT2D eigenvalue weighted by molar-refractivity contribution is -0.140. The molecule has 80 valence electrons. The molecule has 0 aliphatic rings. The number of carbonyl (C=O) groups excluding carboxylic acids is 1. The molecule has 6 heteroatoms. The van der Waals surface area contributed by atoms with E-state index in [4.69, 9.17) is 17.3 Å². The van der Waals surface area contributed by atoms with Crippen molar-refractivity contribution in [3.05, 3.63) is 34.3 Å². The molecule has 0 atom stereocenters. The summed E-state index contributed by atoms with van der Waals surface area (Å²) in [4.78, 5) is 15.1. The Morgan fingerprint density at radius 2 is 2.07 bits per heavy atom. The van der Waals surface area contributed by atoms with E-state index >= 15 is 0 Å². The highest BCUT2D eigenvalue weighted by atomic mass is 79.9. The molecule has 1 rings (SSSR count). The fourth-order valence-corrected chi connectivity index (χ4v) is 1.11. The van der Waals surface area contributed by atoms with Gasteiger partial charge in [-0.1, -0.05) is 33.2 Å².